The Balaban J connectivity index is 2.34. The summed E-state index contributed by atoms with van der Waals surface area (Å²) in [6.07, 6.45) is -1.01. The van der Waals surface area contributed by atoms with Gasteiger partial charge in [-0.15, -0.1) is 0 Å². The summed E-state index contributed by atoms with van der Waals surface area (Å²) in [4.78, 5) is 71.8. The lowest BCUT2D eigenvalue weighted by atomic mass is 9.84. The molecule has 0 bridgehead atoms. The molecule has 1 aliphatic rings. The van der Waals surface area contributed by atoms with Gasteiger partial charge in [-0.3, -0.25) is 24.0 Å². The second-order valence-electron chi connectivity index (χ2n) is 16.1. The zero-order chi connectivity index (χ0) is 41.9. The van der Waals surface area contributed by atoms with Crippen LogP contribution in [0.1, 0.15) is 97.9 Å². The number of likely N-dealkylation sites (tertiary alicyclic amines) is 1. The monoisotopic (exact) mass is 779 g/mol. The number of Topliss-reactive ketones (excluding diaryl/α,β-unsaturated/α-hetero) is 3. The van der Waals surface area contributed by atoms with Crippen molar-refractivity contribution in [3.05, 3.63) is 35.4 Å². The topological polar surface area (TPSA) is 132 Å². The summed E-state index contributed by atoms with van der Waals surface area (Å²) < 4.78 is 46.3. The van der Waals surface area contributed by atoms with Gasteiger partial charge in [0.15, 0.2) is 11.6 Å². The molecular formula is C42H67F2N3O8. The zero-order valence-corrected chi connectivity index (χ0v) is 35.3. The Morgan fingerprint density at radius 2 is 1.49 bits per heavy atom. The van der Waals surface area contributed by atoms with E-state index in [0.29, 0.717) is 12.8 Å². The number of benzene rings is 1. The molecule has 2 rings (SSSR count). The lowest BCUT2D eigenvalue weighted by Gasteiger charge is -2.41. The van der Waals surface area contributed by atoms with Crippen LogP contribution < -0.4 is 5.32 Å². The molecule has 1 unspecified atom stereocenters. The minimum atomic E-state index is -1.00. The molecule has 1 saturated heterocycles. The van der Waals surface area contributed by atoms with Crippen LogP contribution in [0.3, 0.4) is 0 Å². The first-order chi connectivity index (χ1) is 25.8. The fourth-order valence-electron chi connectivity index (χ4n) is 8.13. The number of rotatable bonds is 23. The third-order valence-electron chi connectivity index (χ3n) is 11.7. The van der Waals surface area contributed by atoms with E-state index < -0.39 is 65.0 Å². The van der Waals surface area contributed by atoms with E-state index in [4.69, 9.17) is 14.2 Å². The number of nitrogens with zero attached hydrogens (tertiary/aromatic N) is 2. The Kier molecular flexibility index (Phi) is 19.2. The Labute approximate surface area is 327 Å². The van der Waals surface area contributed by atoms with Crippen molar-refractivity contribution in [2.75, 3.05) is 42.0 Å². The molecule has 55 heavy (non-hydrogen) atoms. The predicted octanol–water partition coefficient (Wildman–Crippen LogP) is 5.76. The van der Waals surface area contributed by atoms with Crippen LogP contribution in [-0.2, 0) is 33.4 Å². The lowest BCUT2D eigenvalue weighted by Crippen LogP contribution is -2.54. The van der Waals surface area contributed by atoms with Crippen LogP contribution in [0.15, 0.2) is 18.2 Å². The summed E-state index contributed by atoms with van der Waals surface area (Å²) in [5.41, 5.74) is -0.674. The summed E-state index contributed by atoms with van der Waals surface area (Å²) in [7, 11) is 7.98. The van der Waals surface area contributed by atoms with Crippen molar-refractivity contribution in [1.29, 1.82) is 0 Å². The number of hydrogen-bond acceptors (Lipinski definition) is 9. The van der Waals surface area contributed by atoms with Crippen LogP contribution in [0.5, 0.6) is 0 Å². The van der Waals surface area contributed by atoms with E-state index in [2.05, 4.69) is 5.32 Å². The number of hydrogen-bond donors (Lipinski definition) is 1. The molecule has 1 aliphatic heterocycles. The summed E-state index contributed by atoms with van der Waals surface area (Å²) >= 11 is 0. The van der Waals surface area contributed by atoms with Gasteiger partial charge in [0.05, 0.1) is 48.4 Å². The predicted molar refractivity (Wildman–Crippen MR) is 207 cm³/mol. The Morgan fingerprint density at radius 1 is 0.891 bits per heavy atom. The largest absolute Gasteiger partial charge is 0.380 e. The van der Waals surface area contributed by atoms with Gasteiger partial charge in [-0.2, -0.15) is 0 Å². The number of carbonyl (C=O) groups is 5. The van der Waals surface area contributed by atoms with E-state index in [1.165, 1.54) is 27.2 Å². The first-order valence-electron chi connectivity index (χ1n) is 19.7. The average molecular weight is 780 g/mol. The van der Waals surface area contributed by atoms with E-state index >= 15 is 0 Å². The number of nitrogens with one attached hydrogen (secondary N) is 1. The maximum absolute atomic E-state index is 14.4. The Hall–Kier alpha value is -3.13. The molecule has 0 aliphatic carbocycles. The fraction of sp³-hybridized carbons (Fsp3) is 0.738. The highest BCUT2D eigenvalue weighted by molar-refractivity contribution is 6.00. The van der Waals surface area contributed by atoms with Gasteiger partial charge in [-0.05, 0) is 43.4 Å². The van der Waals surface area contributed by atoms with Gasteiger partial charge >= 0.3 is 0 Å². The van der Waals surface area contributed by atoms with E-state index in [9.17, 15) is 32.8 Å². The Bertz CT molecular complexity index is 1440. The first-order valence-corrected chi connectivity index (χ1v) is 19.7. The van der Waals surface area contributed by atoms with Gasteiger partial charge in [0.1, 0.15) is 17.4 Å². The number of amides is 2. The van der Waals surface area contributed by atoms with Crippen LogP contribution in [0.4, 0.5) is 8.78 Å². The number of methoxy groups -OCH3 is 3. The molecule has 1 N–H and O–H groups in total. The molecule has 0 radical (unpaired) electrons. The molecule has 1 aromatic rings. The van der Waals surface area contributed by atoms with Crippen LogP contribution in [0.2, 0.25) is 0 Å². The molecular weight excluding hydrogens is 712 g/mol. The van der Waals surface area contributed by atoms with Crippen molar-refractivity contribution in [3.8, 4) is 0 Å². The second kappa shape index (κ2) is 22.0. The molecule has 10 atom stereocenters. The number of carbonyl (C=O) groups excluding carboxylic acids is 5. The highest BCUT2D eigenvalue weighted by Crippen LogP contribution is 2.32. The van der Waals surface area contributed by atoms with Crippen LogP contribution >= 0.6 is 0 Å². The van der Waals surface area contributed by atoms with Crippen molar-refractivity contribution in [1.82, 2.24) is 15.1 Å². The molecule has 13 heteroatoms. The quantitative estimate of drug-likeness (QED) is 0.138. The van der Waals surface area contributed by atoms with E-state index in [1.54, 1.807) is 37.9 Å². The van der Waals surface area contributed by atoms with Gasteiger partial charge < -0.3 is 29.3 Å². The van der Waals surface area contributed by atoms with Gasteiger partial charge in [0, 0.05) is 65.5 Å². The standard InChI is InChI=1S/C42H67F2N3O8/c1-14-25(6)39(46(10)42(52)29(23(2)3)20-34(49)38(45-9)24(4)5)35(54-12)21-36(50)47-22-28(53-11)19-32(47)41(55-13)27(8)33(48)18-26(7)40(51)37-30(43)16-15-17-31(37)44/h15-17,23-29,32,35,38-39,41,45H,14,18-22H2,1-13H3/t25-,26+,27-,28+,29-,32?,35+,38-,39-,41+/m0/s1. The third-order valence-corrected chi connectivity index (χ3v) is 11.7. The Morgan fingerprint density at radius 3 is 1.96 bits per heavy atom. The molecule has 1 aromatic carbocycles. The van der Waals surface area contributed by atoms with Crippen LogP contribution in [0.25, 0.3) is 0 Å². The molecule has 11 nitrogen and oxygen atoms in total. The molecule has 0 spiro atoms. The van der Waals surface area contributed by atoms with Crippen molar-refractivity contribution < 1.29 is 47.0 Å². The van der Waals surface area contributed by atoms with Crippen LogP contribution in [-0.4, -0.2) is 117 Å². The summed E-state index contributed by atoms with van der Waals surface area (Å²) in [6, 6.07) is 1.72. The van der Waals surface area contributed by atoms with E-state index in [0.717, 1.165) is 12.1 Å². The SMILES string of the molecule is CC[C@H](C)[C@@H]([C@@H](CC(=O)N1C[C@H](OC)CC1[C@H](OC)[C@@H](C)C(=O)C[C@@H](C)C(=O)c1c(F)cccc1F)OC)N(C)C(=O)[C@@H](CC(=O)[C@@H](NC)C(C)C)C(C)C. The number of halogens is 2. The van der Waals surface area contributed by atoms with Crippen molar-refractivity contribution >= 4 is 29.2 Å². The highest BCUT2D eigenvalue weighted by atomic mass is 19.1. The second-order valence-corrected chi connectivity index (χ2v) is 16.1. The fourth-order valence-corrected chi connectivity index (χ4v) is 8.13. The van der Waals surface area contributed by atoms with Gasteiger partial charge in [0.2, 0.25) is 11.8 Å². The summed E-state index contributed by atoms with van der Waals surface area (Å²) in [5, 5.41) is 3.09. The molecule has 0 aromatic heterocycles. The maximum atomic E-state index is 14.4. The van der Waals surface area contributed by atoms with Crippen LogP contribution in [0, 0.1) is 47.1 Å². The van der Waals surface area contributed by atoms with E-state index in [1.807, 2.05) is 41.5 Å². The molecule has 2 amide bonds. The van der Waals surface area contributed by atoms with Crippen molar-refractivity contribution in [3.63, 3.8) is 0 Å². The molecule has 0 saturated carbocycles. The minimum Gasteiger partial charge on any atom is -0.380 e. The first kappa shape index (κ1) is 48.0. The van der Waals surface area contributed by atoms with Gasteiger partial charge in [-0.25, -0.2) is 8.78 Å². The summed E-state index contributed by atoms with van der Waals surface area (Å²) in [5.74, 6) is -6.08. The lowest BCUT2D eigenvalue weighted by molar-refractivity contribution is -0.149. The molecule has 1 fully saturated rings. The normalized spacial score (nSPS) is 20.4. The highest BCUT2D eigenvalue weighted by Gasteiger charge is 2.46. The number of ketones is 3. The van der Waals surface area contributed by atoms with Crippen molar-refractivity contribution in [2.45, 2.75) is 124 Å². The number of ether oxygens (including phenoxy) is 3. The van der Waals surface area contributed by atoms with Gasteiger partial charge in [-0.1, -0.05) is 67.9 Å². The number of likely N-dealkylation sites (N-methyl/N-ethyl adjacent to an activating group) is 2. The third kappa shape index (κ3) is 11.9. The average Bonchev–Trinajstić information content (AvgIpc) is 3.57. The smallest absolute Gasteiger partial charge is 0.226 e. The minimum absolute atomic E-state index is 0.0234. The zero-order valence-electron chi connectivity index (χ0n) is 35.3. The maximum Gasteiger partial charge on any atom is 0.226 e. The molecule has 312 valence electrons. The summed E-state index contributed by atoms with van der Waals surface area (Å²) in [6.45, 7) is 15.2. The molecule has 1 heterocycles. The van der Waals surface area contributed by atoms with Gasteiger partial charge in [0.25, 0.3) is 0 Å². The van der Waals surface area contributed by atoms with Crippen molar-refractivity contribution in [2.24, 2.45) is 35.5 Å². The van der Waals surface area contributed by atoms with E-state index in [-0.39, 0.29) is 79.1 Å².